The van der Waals surface area contributed by atoms with E-state index in [2.05, 4.69) is 0 Å². The smallest absolute Gasteiger partial charge is 0.242 e. The van der Waals surface area contributed by atoms with E-state index in [4.69, 9.17) is 9.47 Å². The number of hydrogen-bond donors (Lipinski definition) is 0. The highest BCUT2D eigenvalue weighted by atomic mass is 32.2. The average molecular weight is 447 g/mol. The van der Waals surface area contributed by atoms with Crippen molar-refractivity contribution in [1.29, 1.82) is 0 Å². The van der Waals surface area contributed by atoms with Crippen LogP contribution in [0.1, 0.15) is 30.9 Å². The third-order valence-corrected chi connectivity index (χ3v) is 7.68. The Labute approximate surface area is 184 Å². The molecule has 1 aliphatic heterocycles. The van der Waals surface area contributed by atoms with Gasteiger partial charge in [-0.3, -0.25) is 4.79 Å². The number of hydrogen-bond acceptors (Lipinski definition) is 5. The second-order valence-electron chi connectivity index (χ2n) is 7.68. The molecule has 0 radical (unpaired) electrons. The second-order valence-corrected chi connectivity index (χ2v) is 9.94. The summed E-state index contributed by atoms with van der Waals surface area (Å²) in [6, 6.07) is 14.5. The minimum Gasteiger partial charge on any atom is -0.497 e. The van der Waals surface area contributed by atoms with Crippen molar-refractivity contribution in [2.24, 2.45) is 0 Å². The van der Waals surface area contributed by atoms with E-state index in [0.29, 0.717) is 24.6 Å². The first-order valence-electron chi connectivity index (χ1n) is 10.4. The fraction of sp³-hybridized carbons (Fsp3) is 0.435. The summed E-state index contributed by atoms with van der Waals surface area (Å²) in [5.74, 6) is 1.07. The monoisotopic (exact) mass is 446 g/mol. The van der Waals surface area contributed by atoms with Crippen LogP contribution in [-0.4, -0.2) is 56.1 Å². The molecule has 1 heterocycles. The van der Waals surface area contributed by atoms with Crippen LogP contribution in [0, 0.1) is 0 Å². The molecular formula is C23H30N2O5S. The van der Waals surface area contributed by atoms with Gasteiger partial charge in [-0.2, -0.15) is 4.31 Å². The number of carbonyl (C=O) groups excluding carboxylic acids is 1. The first-order valence-corrected chi connectivity index (χ1v) is 11.9. The Kier molecular flexibility index (Phi) is 7.56. The van der Waals surface area contributed by atoms with Crippen molar-refractivity contribution in [2.75, 3.05) is 27.3 Å². The van der Waals surface area contributed by atoms with Crippen LogP contribution in [0.15, 0.2) is 48.5 Å². The molecule has 8 heteroatoms. The summed E-state index contributed by atoms with van der Waals surface area (Å²) < 4.78 is 38.8. The number of benzene rings is 2. The van der Waals surface area contributed by atoms with Crippen molar-refractivity contribution in [3.05, 3.63) is 59.7 Å². The summed E-state index contributed by atoms with van der Waals surface area (Å²) in [5.41, 5.74) is 1.64. The Morgan fingerprint density at radius 1 is 0.903 bits per heavy atom. The van der Waals surface area contributed by atoms with E-state index in [1.165, 1.54) is 11.2 Å². The van der Waals surface area contributed by atoms with Crippen LogP contribution in [0.2, 0.25) is 0 Å². The molecule has 2 aromatic rings. The summed E-state index contributed by atoms with van der Waals surface area (Å²) in [7, 11) is -0.717. The number of ether oxygens (including phenoxy) is 2. The summed E-state index contributed by atoms with van der Waals surface area (Å²) in [4.78, 5) is 14.5. The van der Waals surface area contributed by atoms with E-state index in [1.807, 2.05) is 24.3 Å². The third kappa shape index (κ3) is 5.57. The largest absolute Gasteiger partial charge is 0.497 e. The normalized spacial score (nSPS) is 15.2. The Morgan fingerprint density at radius 3 is 1.71 bits per heavy atom. The second kappa shape index (κ2) is 10.2. The zero-order chi connectivity index (χ0) is 22.4. The zero-order valence-electron chi connectivity index (χ0n) is 18.3. The highest BCUT2D eigenvalue weighted by Gasteiger charge is 2.37. The van der Waals surface area contributed by atoms with E-state index >= 15 is 0 Å². The van der Waals surface area contributed by atoms with Crippen molar-refractivity contribution in [1.82, 2.24) is 9.21 Å². The van der Waals surface area contributed by atoms with Crippen molar-refractivity contribution in [2.45, 2.75) is 38.1 Å². The van der Waals surface area contributed by atoms with Crippen LogP contribution in [-0.2, 0) is 27.9 Å². The highest BCUT2D eigenvalue weighted by Crippen LogP contribution is 2.23. The number of methoxy groups -OCH3 is 2. The predicted molar refractivity (Wildman–Crippen MR) is 119 cm³/mol. The number of sulfonamides is 1. The van der Waals surface area contributed by atoms with Crippen LogP contribution in [0.25, 0.3) is 0 Å². The van der Waals surface area contributed by atoms with Gasteiger partial charge in [-0.15, -0.1) is 0 Å². The number of carbonyl (C=O) groups is 1. The van der Waals surface area contributed by atoms with Gasteiger partial charge < -0.3 is 14.4 Å². The average Bonchev–Trinajstić information content (AvgIpc) is 3.33. The van der Waals surface area contributed by atoms with E-state index in [1.54, 1.807) is 43.4 Å². The molecule has 1 atom stereocenters. The standard InChI is InChI=1S/C23H30N2O5S/c1-18(23(26)24-14-4-5-15-24)31(27,28)25(16-19-6-10-21(29-2)11-7-19)17-20-8-12-22(30-3)13-9-20/h6-13,18H,4-5,14-17H2,1-3H3/t18-/m0/s1. The summed E-state index contributed by atoms with van der Waals surface area (Å²) >= 11 is 0. The molecule has 1 aliphatic rings. The Hall–Kier alpha value is -2.58. The van der Waals surface area contributed by atoms with Gasteiger partial charge in [0.15, 0.2) is 5.25 Å². The van der Waals surface area contributed by atoms with Crippen LogP contribution >= 0.6 is 0 Å². The Balaban J connectivity index is 1.87. The highest BCUT2D eigenvalue weighted by molar-refractivity contribution is 7.90. The maximum absolute atomic E-state index is 13.5. The van der Waals surface area contributed by atoms with Gasteiger partial charge in [0.25, 0.3) is 0 Å². The molecule has 2 aromatic carbocycles. The molecule has 3 rings (SSSR count). The molecule has 0 saturated carbocycles. The first kappa shape index (κ1) is 23.1. The molecule has 0 aromatic heterocycles. The zero-order valence-corrected chi connectivity index (χ0v) is 19.1. The molecular weight excluding hydrogens is 416 g/mol. The molecule has 0 spiro atoms. The van der Waals surface area contributed by atoms with E-state index in [9.17, 15) is 13.2 Å². The number of likely N-dealkylation sites (tertiary alicyclic amines) is 1. The topological polar surface area (TPSA) is 76.1 Å². The van der Waals surface area contributed by atoms with Crippen molar-refractivity contribution >= 4 is 15.9 Å². The SMILES string of the molecule is COc1ccc(CN(Cc2ccc(OC)cc2)S(=O)(=O)[C@@H](C)C(=O)N2CCCC2)cc1. The lowest BCUT2D eigenvalue weighted by atomic mass is 10.2. The minimum atomic E-state index is -3.89. The molecule has 7 nitrogen and oxygen atoms in total. The Morgan fingerprint density at radius 2 is 1.32 bits per heavy atom. The molecule has 168 valence electrons. The predicted octanol–water partition coefficient (Wildman–Crippen LogP) is 3.05. The lowest BCUT2D eigenvalue weighted by molar-refractivity contribution is -0.129. The quantitative estimate of drug-likeness (QED) is 0.592. The van der Waals surface area contributed by atoms with E-state index < -0.39 is 15.3 Å². The van der Waals surface area contributed by atoms with Gasteiger partial charge in [-0.25, -0.2) is 8.42 Å². The third-order valence-electron chi connectivity index (χ3n) is 5.61. The first-order chi connectivity index (χ1) is 14.8. The van der Waals surface area contributed by atoms with Crippen molar-refractivity contribution in [3.63, 3.8) is 0 Å². The maximum Gasteiger partial charge on any atom is 0.242 e. The molecule has 1 fully saturated rings. The van der Waals surface area contributed by atoms with E-state index in [-0.39, 0.29) is 19.0 Å². The van der Waals surface area contributed by atoms with Crippen molar-refractivity contribution < 1.29 is 22.7 Å². The van der Waals surface area contributed by atoms with Crippen LogP contribution < -0.4 is 9.47 Å². The van der Waals surface area contributed by atoms with Crippen molar-refractivity contribution in [3.8, 4) is 11.5 Å². The van der Waals surface area contributed by atoms with Gasteiger partial charge in [0, 0.05) is 26.2 Å². The van der Waals surface area contributed by atoms with Gasteiger partial charge in [-0.05, 0) is 55.2 Å². The van der Waals surface area contributed by atoms with Crippen LogP contribution in [0.4, 0.5) is 0 Å². The molecule has 1 amide bonds. The maximum atomic E-state index is 13.5. The van der Waals surface area contributed by atoms with E-state index in [0.717, 1.165) is 24.0 Å². The Bertz CT molecular complexity index is 919. The van der Waals surface area contributed by atoms with Gasteiger partial charge in [-0.1, -0.05) is 24.3 Å². The van der Waals surface area contributed by atoms with Gasteiger partial charge in [0.05, 0.1) is 14.2 Å². The molecule has 0 N–H and O–H groups in total. The fourth-order valence-corrected chi connectivity index (χ4v) is 5.16. The van der Waals surface area contributed by atoms with Gasteiger partial charge >= 0.3 is 0 Å². The number of amides is 1. The summed E-state index contributed by atoms with van der Waals surface area (Å²) in [6.45, 7) is 3.06. The summed E-state index contributed by atoms with van der Waals surface area (Å²) in [5, 5.41) is -1.14. The van der Waals surface area contributed by atoms with Crippen LogP contribution in [0.5, 0.6) is 11.5 Å². The molecule has 31 heavy (non-hydrogen) atoms. The number of nitrogens with zero attached hydrogens (tertiary/aromatic N) is 2. The lowest BCUT2D eigenvalue weighted by Gasteiger charge is -2.28. The fourth-order valence-electron chi connectivity index (χ4n) is 3.65. The number of rotatable bonds is 9. The summed E-state index contributed by atoms with van der Waals surface area (Å²) in [6.07, 6.45) is 1.83. The van der Waals surface area contributed by atoms with Crippen LogP contribution in [0.3, 0.4) is 0 Å². The molecule has 0 unspecified atom stereocenters. The van der Waals surface area contributed by atoms with Gasteiger partial charge in [0.2, 0.25) is 15.9 Å². The van der Waals surface area contributed by atoms with Gasteiger partial charge in [0.1, 0.15) is 11.5 Å². The molecule has 0 aliphatic carbocycles. The minimum absolute atomic E-state index is 0.163. The molecule has 1 saturated heterocycles. The molecule has 0 bridgehead atoms. The lowest BCUT2D eigenvalue weighted by Crippen LogP contribution is -2.46.